The van der Waals surface area contributed by atoms with Gasteiger partial charge < -0.3 is 20.4 Å². The number of anilines is 2. The van der Waals surface area contributed by atoms with Crippen LogP contribution < -0.4 is 15.6 Å². The molecule has 1 fully saturated rings. The van der Waals surface area contributed by atoms with E-state index < -0.39 is 0 Å². The van der Waals surface area contributed by atoms with Crippen molar-refractivity contribution in [3.63, 3.8) is 0 Å². The molecule has 0 spiro atoms. The van der Waals surface area contributed by atoms with Gasteiger partial charge in [0.05, 0.1) is 24.6 Å². The van der Waals surface area contributed by atoms with Gasteiger partial charge in [0.1, 0.15) is 0 Å². The molecule has 0 aliphatic carbocycles. The Balaban J connectivity index is 1.55. The first-order chi connectivity index (χ1) is 15.5. The van der Waals surface area contributed by atoms with Crippen LogP contribution in [0.4, 0.5) is 11.4 Å². The fourth-order valence-corrected chi connectivity index (χ4v) is 5.24. The number of fused-ring (bicyclic) bond motifs is 1. The number of allylic oxidation sites excluding steroid dienone is 2. The summed E-state index contributed by atoms with van der Waals surface area (Å²) in [5, 5.41) is 6.10. The first kappa shape index (κ1) is 22.9. The van der Waals surface area contributed by atoms with Crippen molar-refractivity contribution in [1.29, 1.82) is 0 Å². The molecule has 4 atom stereocenters. The molecule has 6 heteroatoms. The van der Waals surface area contributed by atoms with E-state index in [1.165, 1.54) is 11.3 Å². The monoisotopic (exact) mass is 438 g/mol. The molecule has 6 nitrogen and oxygen atoms in total. The molecule has 1 aromatic rings. The lowest BCUT2D eigenvalue weighted by Gasteiger charge is -2.42. The first-order valence-electron chi connectivity index (χ1n) is 12.1. The van der Waals surface area contributed by atoms with Crippen LogP contribution in [0, 0.1) is 11.8 Å². The van der Waals surface area contributed by atoms with E-state index >= 15 is 0 Å². The summed E-state index contributed by atoms with van der Waals surface area (Å²) >= 11 is 0. The number of carbonyl (C=O) groups excluding carboxylic acids is 1. The minimum Gasteiger partial charge on any atom is -0.381 e. The molecule has 0 bridgehead atoms. The van der Waals surface area contributed by atoms with Gasteiger partial charge in [-0.2, -0.15) is 0 Å². The van der Waals surface area contributed by atoms with E-state index in [4.69, 9.17) is 4.74 Å². The molecule has 32 heavy (non-hydrogen) atoms. The Kier molecular flexibility index (Phi) is 7.21. The highest BCUT2D eigenvalue weighted by molar-refractivity contribution is 5.95. The fourth-order valence-electron chi connectivity index (χ4n) is 5.24. The predicted octanol–water partition coefficient (Wildman–Crippen LogP) is 4.11. The molecule has 1 aromatic carbocycles. The van der Waals surface area contributed by atoms with Crippen LogP contribution in [0.25, 0.3) is 0 Å². The van der Waals surface area contributed by atoms with Crippen molar-refractivity contribution < 1.29 is 9.53 Å². The fraction of sp³-hybridized carbons (Fsp3) is 0.577. The number of nitrogens with zero attached hydrogens (tertiary/aromatic N) is 2. The number of hydrazine groups is 1. The van der Waals surface area contributed by atoms with Crippen molar-refractivity contribution in [1.82, 2.24) is 10.4 Å². The average Bonchev–Trinajstić information content (AvgIpc) is 3.25. The highest BCUT2D eigenvalue weighted by atomic mass is 16.5. The van der Waals surface area contributed by atoms with Crippen LogP contribution in [0.3, 0.4) is 0 Å². The van der Waals surface area contributed by atoms with Gasteiger partial charge in [-0.25, -0.2) is 5.01 Å². The second-order valence-corrected chi connectivity index (χ2v) is 9.33. The zero-order chi connectivity index (χ0) is 22.7. The maximum Gasteiger partial charge on any atom is 0.232 e. The minimum atomic E-state index is -0.0300. The standard InChI is InChI=1S/C26H38N4O2/c1-5-8-21-15-18(6-2)25(30(4)28-21)23-10-7-9-19-11-12-22(16-24(19)27-23)29(3)26(31)20-13-14-32-17-20/h7,10-12,15-16,18,20,23,25,27-28H,5-6,8-9,13-14,17H2,1-4H3. The van der Waals surface area contributed by atoms with Gasteiger partial charge in [0.15, 0.2) is 0 Å². The zero-order valence-corrected chi connectivity index (χ0v) is 19.9. The summed E-state index contributed by atoms with van der Waals surface area (Å²) in [6, 6.07) is 6.84. The Hall–Kier alpha value is -2.31. The van der Waals surface area contributed by atoms with Gasteiger partial charge in [-0.15, -0.1) is 0 Å². The predicted molar refractivity (Wildman–Crippen MR) is 130 cm³/mol. The van der Waals surface area contributed by atoms with Gasteiger partial charge in [-0.1, -0.05) is 44.6 Å². The van der Waals surface area contributed by atoms with E-state index in [0.717, 1.165) is 43.5 Å². The van der Waals surface area contributed by atoms with Gasteiger partial charge in [0.25, 0.3) is 0 Å². The number of ether oxygens (including phenoxy) is 1. The summed E-state index contributed by atoms with van der Waals surface area (Å²) in [6.45, 7) is 5.71. The molecule has 2 N–H and O–H groups in total. The number of nitrogens with one attached hydrogen (secondary N) is 2. The van der Waals surface area contributed by atoms with Gasteiger partial charge >= 0.3 is 0 Å². The molecule has 3 heterocycles. The van der Waals surface area contributed by atoms with Gasteiger partial charge in [0.2, 0.25) is 5.91 Å². The largest absolute Gasteiger partial charge is 0.381 e. The lowest BCUT2D eigenvalue weighted by molar-refractivity contribution is -0.122. The number of carbonyl (C=O) groups is 1. The zero-order valence-electron chi connectivity index (χ0n) is 19.9. The smallest absolute Gasteiger partial charge is 0.232 e. The van der Waals surface area contributed by atoms with E-state index in [-0.39, 0.29) is 17.9 Å². The third kappa shape index (κ3) is 4.71. The number of hydrogen-bond acceptors (Lipinski definition) is 5. The van der Waals surface area contributed by atoms with E-state index in [2.05, 4.69) is 73.1 Å². The molecule has 4 rings (SSSR count). The molecule has 1 amide bonds. The number of amides is 1. The van der Waals surface area contributed by atoms with E-state index in [0.29, 0.717) is 25.2 Å². The summed E-state index contributed by atoms with van der Waals surface area (Å²) < 4.78 is 5.42. The quantitative estimate of drug-likeness (QED) is 0.655. The molecule has 0 radical (unpaired) electrons. The lowest BCUT2D eigenvalue weighted by atomic mass is 9.87. The van der Waals surface area contributed by atoms with E-state index in [9.17, 15) is 4.79 Å². The van der Waals surface area contributed by atoms with Crippen LogP contribution in [0.1, 0.15) is 45.1 Å². The highest BCUT2D eigenvalue weighted by Crippen LogP contribution is 2.32. The van der Waals surface area contributed by atoms with Crippen molar-refractivity contribution in [2.75, 3.05) is 37.5 Å². The van der Waals surface area contributed by atoms with Gasteiger partial charge in [-0.3, -0.25) is 4.79 Å². The van der Waals surface area contributed by atoms with Crippen molar-refractivity contribution in [2.45, 2.75) is 58.0 Å². The van der Waals surface area contributed by atoms with Gasteiger partial charge in [0, 0.05) is 37.8 Å². The third-order valence-corrected chi connectivity index (χ3v) is 7.07. The third-order valence-electron chi connectivity index (χ3n) is 7.07. The number of benzene rings is 1. The Morgan fingerprint density at radius 3 is 2.88 bits per heavy atom. The van der Waals surface area contributed by atoms with Crippen molar-refractivity contribution >= 4 is 17.3 Å². The SMILES string of the molecule is CCCC1=CC(CC)C(C2C=CCc3ccc(N(C)C(=O)C4CCOC4)cc3N2)N(C)N1. The first-order valence-corrected chi connectivity index (χ1v) is 12.1. The molecular formula is C26H38N4O2. The Bertz CT molecular complexity index is 875. The Morgan fingerprint density at radius 1 is 1.31 bits per heavy atom. The van der Waals surface area contributed by atoms with Gasteiger partial charge in [-0.05, 0) is 49.3 Å². The Labute approximate surface area is 192 Å². The maximum absolute atomic E-state index is 12.9. The lowest BCUT2D eigenvalue weighted by Crippen LogP contribution is -2.56. The molecule has 1 saturated heterocycles. The van der Waals surface area contributed by atoms with Crippen molar-refractivity contribution in [2.24, 2.45) is 11.8 Å². The van der Waals surface area contributed by atoms with Crippen molar-refractivity contribution in [3.05, 3.63) is 47.7 Å². The molecule has 174 valence electrons. The van der Waals surface area contributed by atoms with Crippen LogP contribution in [-0.4, -0.2) is 50.3 Å². The summed E-state index contributed by atoms with van der Waals surface area (Å²) in [4.78, 5) is 14.7. The van der Waals surface area contributed by atoms with E-state index in [1.807, 2.05) is 7.05 Å². The second-order valence-electron chi connectivity index (χ2n) is 9.33. The minimum absolute atomic E-state index is 0.0300. The van der Waals surface area contributed by atoms with Crippen molar-refractivity contribution in [3.8, 4) is 0 Å². The van der Waals surface area contributed by atoms with Crippen LogP contribution in [-0.2, 0) is 16.0 Å². The summed E-state index contributed by atoms with van der Waals surface area (Å²) in [5.41, 5.74) is 8.24. The molecule has 4 unspecified atom stereocenters. The molecule has 3 aliphatic rings. The maximum atomic E-state index is 12.9. The summed E-state index contributed by atoms with van der Waals surface area (Å²) in [7, 11) is 4.03. The van der Waals surface area contributed by atoms with Crippen LogP contribution in [0.2, 0.25) is 0 Å². The Morgan fingerprint density at radius 2 is 2.16 bits per heavy atom. The normalized spacial score (nSPS) is 27.7. The summed E-state index contributed by atoms with van der Waals surface area (Å²) in [6.07, 6.45) is 12.1. The average molecular weight is 439 g/mol. The topological polar surface area (TPSA) is 56.8 Å². The van der Waals surface area contributed by atoms with Crippen LogP contribution >= 0.6 is 0 Å². The number of likely N-dealkylation sites (N-methyl/N-ethyl adjacent to an activating group) is 1. The summed E-state index contributed by atoms with van der Waals surface area (Å²) in [5.74, 6) is 0.584. The molecule has 0 saturated carbocycles. The van der Waals surface area contributed by atoms with Crippen LogP contribution in [0.5, 0.6) is 0 Å². The van der Waals surface area contributed by atoms with Crippen LogP contribution in [0.15, 0.2) is 42.1 Å². The highest BCUT2D eigenvalue weighted by Gasteiger charge is 2.34. The number of hydrogen-bond donors (Lipinski definition) is 2. The molecular weight excluding hydrogens is 400 g/mol. The molecule has 0 aromatic heterocycles. The van der Waals surface area contributed by atoms with E-state index in [1.54, 1.807) is 4.90 Å². The molecule has 3 aliphatic heterocycles. The number of rotatable bonds is 6. The second kappa shape index (κ2) is 10.1.